The van der Waals surface area contributed by atoms with Gasteiger partial charge < -0.3 is 4.90 Å². The number of thiazole rings is 1. The first-order valence-electron chi connectivity index (χ1n) is 7.80. The van der Waals surface area contributed by atoms with Gasteiger partial charge in [0.25, 0.3) is 0 Å². The van der Waals surface area contributed by atoms with E-state index in [2.05, 4.69) is 34.2 Å². The number of benzene rings is 1. The van der Waals surface area contributed by atoms with Crippen LogP contribution >= 0.6 is 11.3 Å². The van der Waals surface area contributed by atoms with E-state index in [4.69, 9.17) is 4.98 Å². The minimum atomic E-state index is 0.412. The molecule has 1 fully saturated rings. The first-order valence-corrected chi connectivity index (χ1v) is 8.62. The molecule has 4 nitrogen and oxygen atoms in total. The predicted octanol–water partition coefficient (Wildman–Crippen LogP) is 3.95. The molecule has 0 radical (unpaired) electrons. The van der Waals surface area contributed by atoms with E-state index in [-0.39, 0.29) is 0 Å². The third-order valence-electron chi connectivity index (χ3n) is 4.29. The highest BCUT2D eigenvalue weighted by Crippen LogP contribution is 2.34. The molecule has 1 aromatic carbocycles. The molecular formula is C18H16N4S. The summed E-state index contributed by atoms with van der Waals surface area (Å²) in [6.07, 6.45) is 4.00. The number of anilines is 1. The van der Waals surface area contributed by atoms with Crippen molar-refractivity contribution in [3.63, 3.8) is 0 Å². The number of piperidine rings is 1. The SMILES string of the molecule is N#Cc1cccnc1N1CCC[C@H](c2nc3ccccc3s2)C1. The quantitative estimate of drug-likeness (QED) is 0.717. The number of pyridine rings is 1. The van der Waals surface area contributed by atoms with Gasteiger partial charge in [0.2, 0.25) is 0 Å². The fourth-order valence-corrected chi connectivity index (χ4v) is 4.27. The van der Waals surface area contributed by atoms with Crippen LogP contribution in [0, 0.1) is 11.3 Å². The number of aromatic nitrogens is 2. The van der Waals surface area contributed by atoms with Crippen molar-refractivity contribution < 1.29 is 0 Å². The lowest BCUT2D eigenvalue weighted by Crippen LogP contribution is -2.35. The molecule has 0 spiro atoms. The summed E-state index contributed by atoms with van der Waals surface area (Å²) in [7, 11) is 0. The van der Waals surface area contributed by atoms with E-state index >= 15 is 0 Å². The van der Waals surface area contributed by atoms with Crippen LogP contribution in [0.2, 0.25) is 0 Å². The minimum Gasteiger partial charge on any atom is -0.355 e. The zero-order valence-corrected chi connectivity index (χ0v) is 13.5. The van der Waals surface area contributed by atoms with Gasteiger partial charge in [0.05, 0.1) is 20.8 Å². The average Bonchev–Trinajstić information content (AvgIpc) is 3.06. The molecule has 0 bridgehead atoms. The molecule has 1 atom stereocenters. The number of hydrogen-bond acceptors (Lipinski definition) is 5. The maximum absolute atomic E-state index is 9.30. The molecule has 2 aromatic heterocycles. The van der Waals surface area contributed by atoms with Crippen LogP contribution in [-0.2, 0) is 0 Å². The standard InChI is InChI=1S/C18H16N4S/c19-11-13-5-3-9-20-17(13)22-10-4-6-14(12-22)18-21-15-7-1-2-8-16(15)23-18/h1-3,5,7-9,14H,4,6,10,12H2/t14-/m0/s1. The fraction of sp³-hybridized carbons (Fsp3) is 0.278. The van der Waals surface area contributed by atoms with Gasteiger partial charge in [0, 0.05) is 25.2 Å². The summed E-state index contributed by atoms with van der Waals surface area (Å²) in [4.78, 5) is 11.5. The van der Waals surface area contributed by atoms with Crippen LogP contribution in [0.5, 0.6) is 0 Å². The third-order valence-corrected chi connectivity index (χ3v) is 5.49. The second-order valence-corrected chi connectivity index (χ2v) is 6.85. The van der Waals surface area contributed by atoms with E-state index in [1.165, 1.54) is 9.71 Å². The number of rotatable bonds is 2. The van der Waals surface area contributed by atoms with E-state index in [1.807, 2.05) is 18.2 Å². The molecule has 0 amide bonds. The van der Waals surface area contributed by atoms with Gasteiger partial charge in [0.15, 0.2) is 0 Å². The molecule has 1 aliphatic rings. The van der Waals surface area contributed by atoms with Gasteiger partial charge in [-0.05, 0) is 37.1 Å². The monoisotopic (exact) mass is 320 g/mol. The topological polar surface area (TPSA) is 52.8 Å². The molecule has 3 aromatic rings. The Hall–Kier alpha value is -2.45. The summed E-state index contributed by atoms with van der Waals surface area (Å²) >= 11 is 1.79. The molecule has 114 valence electrons. The van der Waals surface area contributed by atoms with Crippen molar-refractivity contribution >= 4 is 27.4 Å². The molecule has 0 N–H and O–H groups in total. The van der Waals surface area contributed by atoms with E-state index in [0.717, 1.165) is 37.3 Å². The van der Waals surface area contributed by atoms with E-state index < -0.39 is 0 Å². The lowest BCUT2D eigenvalue weighted by molar-refractivity contribution is 0.506. The average molecular weight is 320 g/mol. The lowest BCUT2D eigenvalue weighted by atomic mass is 9.98. The van der Waals surface area contributed by atoms with Gasteiger partial charge in [-0.3, -0.25) is 0 Å². The van der Waals surface area contributed by atoms with Gasteiger partial charge in [-0.2, -0.15) is 5.26 Å². The number of para-hydroxylation sites is 1. The van der Waals surface area contributed by atoms with Crippen LogP contribution in [0.25, 0.3) is 10.2 Å². The smallest absolute Gasteiger partial charge is 0.146 e. The van der Waals surface area contributed by atoms with Crippen molar-refractivity contribution in [3.05, 3.63) is 53.2 Å². The third kappa shape index (κ3) is 2.66. The van der Waals surface area contributed by atoms with Crippen LogP contribution in [0.4, 0.5) is 5.82 Å². The van der Waals surface area contributed by atoms with Crippen molar-refractivity contribution in [1.82, 2.24) is 9.97 Å². The Balaban J connectivity index is 1.63. The van der Waals surface area contributed by atoms with Crippen LogP contribution in [0.15, 0.2) is 42.6 Å². The Morgan fingerprint density at radius 2 is 2.13 bits per heavy atom. The van der Waals surface area contributed by atoms with Crippen molar-refractivity contribution in [2.24, 2.45) is 0 Å². The molecule has 3 heterocycles. The Morgan fingerprint density at radius 1 is 1.22 bits per heavy atom. The summed E-state index contributed by atoms with van der Waals surface area (Å²) in [5.74, 6) is 1.22. The second-order valence-electron chi connectivity index (χ2n) is 5.79. The Kier molecular flexibility index (Phi) is 3.68. The normalized spacial score (nSPS) is 18.0. The van der Waals surface area contributed by atoms with Crippen LogP contribution in [0.3, 0.4) is 0 Å². The maximum Gasteiger partial charge on any atom is 0.146 e. The highest BCUT2D eigenvalue weighted by atomic mass is 32.1. The highest BCUT2D eigenvalue weighted by molar-refractivity contribution is 7.18. The van der Waals surface area contributed by atoms with Gasteiger partial charge >= 0.3 is 0 Å². The van der Waals surface area contributed by atoms with Crippen LogP contribution < -0.4 is 4.90 Å². The Bertz CT molecular complexity index is 847. The summed E-state index contributed by atoms with van der Waals surface area (Å²) in [6.45, 7) is 1.83. The lowest BCUT2D eigenvalue weighted by Gasteiger charge is -2.33. The molecule has 1 aliphatic heterocycles. The summed E-state index contributed by atoms with van der Waals surface area (Å²) in [5, 5.41) is 10.5. The molecular weight excluding hydrogens is 304 g/mol. The van der Waals surface area contributed by atoms with Crippen molar-refractivity contribution in [2.75, 3.05) is 18.0 Å². The van der Waals surface area contributed by atoms with Crippen molar-refractivity contribution in [2.45, 2.75) is 18.8 Å². The largest absolute Gasteiger partial charge is 0.355 e. The van der Waals surface area contributed by atoms with Crippen molar-refractivity contribution in [1.29, 1.82) is 5.26 Å². The molecule has 4 rings (SSSR count). The van der Waals surface area contributed by atoms with Crippen LogP contribution in [0.1, 0.15) is 29.3 Å². The zero-order chi connectivity index (χ0) is 15.6. The number of nitrogens with zero attached hydrogens (tertiary/aromatic N) is 4. The minimum absolute atomic E-state index is 0.412. The molecule has 0 aliphatic carbocycles. The van der Waals surface area contributed by atoms with E-state index in [9.17, 15) is 5.26 Å². The van der Waals surface area contributed by atoms with Crippen LogP contribution in [-0.4, -0.2) is 23.1 Å². The van der Waals surface area contributed by atoms with E-state index in [1.54, 1.807) is 17.5 Å². The predicted molar refractivity (Wildman–Crippen MR) is 92.8 cm³/mol. The summed E-state index contributed by atoms with van der Waals surface area (Å²) < 4.78 is 1.25. The van der Waals surface area contributed by atoms with Gasteiger partial charge in [-0.1, -0.05) is 12.1 Å². The summed E-state index contributed by atoms with van der Waals surface area (Å²) in [6, 6.07) is 14.2. The second kappa shape index (κ2) is 5.98. The summed E-state index contributed by atoms with van der Waals surface area (Å²) in [5.41, 5.74) is 1.73. The molecule has 0 saturated carbocycles. The first kappa shape index (κ1) is 14.2. The molecule has 0 unspecified atom stereocenters. The molecule has 5 heteroatoms. The van der Waals surface area contributed by atoms with E-state index in [0.29, 0.717) is 11.5 Å². The zero-order valence-electron chi connectivity index (χ0n) is 12.6. The number of fused-ring (bicyclic) bond motifs is 1. The Morgan fingerprint density at radius 3 is 3.00 bits per heavy atom. The fourth-order valence-electron chi connectivity index (χ4n) is 3.17. The molecule has 1 saturated heterocycles. The Labute approximate surface area is 139 Å². The molecule has 23 heavy (non-hydrogen) atoms. The number of nitriles is 1. The number of hydrogen-bond donors (Lipinski definition) is 0. The maximum atomic E-state index is 9.30. The van der Waals surface area contributed by atoms with Gasteiger partial charge in [0.1, 0.15) is 11.9 Å². The van der Waals surface area contributed by atoms with Crippen molar-refractivity contribution in [3.8, 4) is 6.07 Å². The van der Waals surface area contributed by atoms with Gasteiger partial charge in [-0.25, -0.2) is 9.97 Å². The highest BCUT2D eigenvalue weighted by Gasteiger charge is 2.26. The van der Waals surface area contributed by atoms with Gasteiger partial charge in [-0.15, -0.1) is 11.3 Å². The first-order chi connectivity index (χ1) is 11.3.